The minimum Gasteiger partial charge on any atom is -0.479 e. The standard InChI is InChI=1S/C17H14N2O3/c20-16(17(21)22)14-11-15(12-7-3-1-4-8-12)19(18-14)13-9-5-2-6-10-13/h1-11,16,20H,(H,21,22). The molecule has 0 aliphatic rings. The van der Waals surface area contributed by atoms with Gasteiger partial charge in [0.1, 0.15) is 5.69 Å². The van der Waals surface area contributed by atoms with E-state index in [4.69, 9.17) is 5.11 Å². The number of aliphatic carboxylic acids is 1. The Labute approximate surface area is 127 Å². The largest absolute Gasteiger partial charge is 0.479 e. The summed E-state index contributed by atoms with van der Waals surface area (Å²) in [5, 5.41) is 23.0. The lowest BCUT2D eigenvalue weighted by Gasteiger charge is -2.07. The highest BCUT2D eigenvalue weighted by Gasteiger charge is 2.22. The van der Waals surface area contributed by atoms with E-state index in [0.717, 1.165) is 16.9 Å². The molecule has 0 fully saturated rings. The Balaban J connectivity index is 2.17. The van der Waals surface area contributed by atoms with E-state index in [2.05, 4.69) is 5.10 Å². The zero-order valence-corrected chi connectivity index (χ0v) is 11.6. The molecule has 5 nitrogen and oxygen atoms in total. The van der Waals surface area contributed by atoms with Gasteiger partial charge in [-0.1, -0.05) is 48.5 Å². The summed E-state index contributed by atoms with van der Waals surface area (Å²) in [6.45, 7) is 0. The lowest BCUT2D eigenvalue weighted by molar-refractivity contribution is -0.147. The molecule has 0 bridgehead atoms. The maximum absolute atomic E-state index is 11.0. The third-order valence-electron chi connectivity index (χ3n) is 3.31. The molecule has 0 amide bonds. The van der Waals surface area contributed by atoms with Crippen LogP contribution in [0.5, 0.6) is 0 Å². The number of benzene rings is 2. The van der Waals surface area contributed by atoms with Gasteiger partial charge in [0.15, 0.2) is 6.10 Å². The summed E-state index contributed by atoms with van der Waals surface area (Å²) in [5.74, 6) is -1.32. The van der Waals surface area contributed by atoms with Gasteiger partial charge in [-0.3, -0.25) is 0 Å². The van der Waals surface area contributed by atoms with Crippen LogP contribution in [0, 0.1) is 0 Å². The van der Waals surface area contributed by atoms with Crippen LogP contribution < -0.4 is 0 Å². The van der Waals surface area contributed by atoms with Crippen molar-refractivity contribution in [1.82, 2.24) is 9.78 Å². The number of hydrogen-bond donors (Lipinski definition) is 2. The van der Waals surface area contributed by atoms with Gasteiger partial charge in [-0.05, 0) is 18.2 Å². The number of aliphatic hydroxyl groups excluding tert-OH is 1. The highest BCUT2D eigenvalue weighted by Crippen LogP contribution is 2.26. The van der Waals surface area contributed by atoms with Crippen molar-refractivity contribution in [3.8, 4) is 16.9 Å². The molecular formula is C17H14N2O3. The zero-order valence-electron chi connectivity index (χ0n) is 11.6. The molecule has 1 unspecified atom stereocenters. The Morgan fingerprint density at radius 1 is 1.00 bits per heavy atom. The number of aliphatic hydroxyl groups is 1. The van der Waals surface area contributed by atoms with Crippen molar-refractivity contribution in [1.29, 1.82) is 0 Å². The van der Waals surface area contributed by atoms with E-state index in [1.54, 1.807) is 10.7 Å². The van der Waals surface area contributed by atoms with Crippen LogP contribution in [-0.4, -0.2) is 26.0 Å². The third-order valence-corrected chi connectivity index (χ3v) is 3.31. The Morgan fingerprint density at radius 3 is 2.18 bits per heavy atom. The molecule has 0 aliphatic carbocycles. The van der Waals surface area contributed by atoms with Gasteiger partial charge in [0.25, 0.3) is 0 Å². The van der Waals surface area contributed by atoms with E-state index in [9.17, 15) is 9.90 Å². The molecule has 1 atom stereocenters. The molecule has 0 radical (unpaired) electrons. The first-order valence-corrected chi connectivity index (χ1v) is 6.78. The first-order chi connectivity index (χ1) is 10.7. The van der Waals surface area contributed by atoms with E-state index in [1.807, 2.05) is 60.7 Å². The van der Waals surface area contributed by atoms with Gasteiger partial charge in [-0.25, -0.2) is 9.48 Å². The average Bonchev–Trinajstić information content (AvgIpc) is 3.01. The summed E-state index contributed by atoms with van der Waals surface area (Å²) in [6.07, 6.45) is -1.65. The fraction of sp³-hybridized carbons (Fsp3) is 0.0588. The summed E-state index contributed by atoms with van der Waals surface area (Å²) in [6, 6.07) is 20.5. The van der Waals surface area contributed by atoms with E-state index in [1.165, 1.54) is 0 Å². The predicted molar refractivity (Wildman–Crippen MR) is 81.6 cm³/mol. The van der Waals surface area contributed by atoms with Crippen LogP contribution in [-0.2, 0) is 4.79 Å². The van der Waals surface area contributed by atoms with Crippen molar-refractivity contribution in [3.63, 3.8) is 0 Å². The maximum Gasteiger partial charge on any atom is 0.338 e. The number of nitrogens with zero attached hydrogens (tertiary/aromatic N) is 2. The van der Waals surface area contributed by atoms with Crippen molar-refractivity contribution in [3.05, 3.63) is 72.4 Å². The van der Waals surface area contributed by atoms with Crippen molar-refractivity contribution in [2.45, 2.75) is 6.10 Å². The topological polar surface area (TPSA) is 75.3 Å². The van der Waals surface area contributed by atoms with Gasteiger partial charge in [0, 0.05) is 5.56 Å². The van der Waals surface area contributed by atoms with Crippen LogP contribution in [0.15, 0.2) is 66.7 Å². The molecule has 1 aromatic heterocycles. The number of carbonyl (C=O) groups is 1. The van der Waals surface area contributed by atoms with Crippen LogP contribution >= 0.6 is 0 Å². The molecule has 0 spiro atoms. The molecule has 2 N–H and O–H groups in total. The van der Waals surface area contributed by atoms with Gasteiger partial charge in [-0.2, -0.15) is 5.10 Å². The molecule has 3 aromatic rings. The molecule has 110 valence electrons. The number of rotatable bonds is 4. The van der Waals surface area contributed by atoms with Crippen LogP contribution in [0.2, 0.25) is 0 Å². The van der Waals surface area contributed by atoms with Crippen molar-refractivity contribution < 1.29 is 15.0 Å². The van der Waals surface area contributed by atoms with E-state index in [-0.39, 0.29) is 5.69 Å². The zero-order chi connectivity index (χ0) is 15.5. The van der Waals surface area contributed by atoms with E-state index < -0.39 is 12.1 Å². The Kier molecular flexibility index (Phi) is 3.72. The maximum atomic E-state index is 11.0. The minimum atomic E-state index is -1.65. The summed E-state index contributed by atoms with van der Waals surface area (Å²) in [4.78, 5) is 11.0. The van der Waals surface area contributed by atoms with E-state index in [0.29, 0.717) is 0 Å². The average molecular weight is 294 g/mol. The lowest BCUT2D eigenvalue weighted by Crippen LogP contribution is -2.11. The molecule has 0 aliphatic heterocycles. The van der Waals surface area contributed by atoms with E-state index >= 15 is 0 Å². The lowest BCUT2D eigenvalue weighted by atomic mass is 10.1. The van der Waals surface area contributed by atoms with Gasteiger partial charge in [0.05, 0.1) is 11.4 Å². The van der Waals surface area contributed by atoms with Crippen molar-refractivity contribution in [2.75, 3.05) is 0 Å². The number of carboxylic acids is 1. The summed E-state index contributed by atoms with van der Waals surface area (Å²) in [5.41, 5.74) is 2.52. The fourth-order valence-electron chi connectivity index (χ4n) is 2.24. The first kappa shape index (κ1) is 14.0. The summed E-state index contributed by atoms with van der Waals surface area (Å²) < 4.78 is 1.64. The second-order valence-corrected chi connectivity index (χ2v) is 4.81. The number of para-hydroxylation sites is 1. The third kappa shape index (κ3) is 2.62. The Bertz CT molecular complexity index is 725. The van der Waals surface area contributed by atoms with Gasteiger partial charge >= 0.3 is 5.97 Å². The van der Waals surface area contributed by atoms with Gasteiger partial charge in [0.2, 0.25) is 0 Å². The number of aromatic nitrogens is 2. The molecule has 2 aromatic carbocycles. The molecule has 0 saturated carbocycles. The molecule has 1 heterocycles. The summed E-state index contributed by atoms with van der Waals surface area (Å²) in [7, 11) is 0. The highest BCUT2D eigenvalue weighted by atomic mass is 16.4. The molecule has 3 rings (SSSR count). The SMILES string of the molecule is O=C(O)C(O)c1cc(-c2ccccc2)n(-c2ccccc2)n1. The minimum absolute atomic E-state index is 0.107. The summed E-state index contributed by atoms with van der Waals surface area (Å²) >= 11 is 0. The number of carboxylic acid groups (broad SMARTS) is 1. The second-order valence-electron chi connectivity index (χ2n) is 4.81. The van der Waals surface area contributed by atoms with Gasteiger partial charge in [-0.15, -0.1) is 0 Å². The Morgan fingerprint density at radius 2 is 1.59 bits per heavy atom. The van der Waals surface area contributed by atoms with Crippen LogP contribution in [0.1, 0.15) is 11.8 Å². The predicted octanol–water partition coefficient (Wildman–Crippen LogP) is 2.66. The monoisotopic (exact) mass is 294 g/mol. The highest BCUT2D eigenvalue weighted by molar-refractivity contribution is 5.74. The van der Waals surface area contributed by atoms with Gasteiger partial charge < -0.3 is 10.2 Å². The molecular weight excluding hydrogens is 280 g/mol. The molecule has 22 heavy (non-hydrogen) atoms. The van der Waals surface area contributed by atoms with Crippen molar-refractivity contribution in [2.24, 2.45) is 0 Å². The second kappa shape index (κ2) is 5.83. The first-order valence-electron chi connectivity index (χ1n) is 6.78. The quantitative estimate of drug-likeness (QED) is 0.775. The normalized spacial score (nSPS) is 12.0. The fourth-order valence-corrected chi connectivity index (χ4v) is 2.24. The smallest absolute Gasteiger partial charge is 0.338 e. The van der Waals surface area contributed by atoms with Crippen LogP contribution in [0.4, 0.5) is 0 Å². The molecule has 0 saturated heterocycles. The Hall–Kier alpha value is -2.92. The van der Waals surface area contributed by atoms with Crippen LogP contribution in [0.3, 0.4) is 0 Å². The molecule has 5 heteroatoms. The number of hydrogen-bond acceptors (Lipinski definition) is 3. The van der Waals surface area contributed by atoms with Crippen molar-refractivity contribution >= 4 is 5.97 Å². The van der Waals surface area contributed by atoms with Crippen LogP contribution in [0.25, 0.3) is 16.9 Å².